The standard InChI is InChI=1S/C16H12N8O2S/c1-22-10-12(7-20-22)11-5-14-13(17-6-11)8-21-24(14)27(25,26)16-9-18-15-3-2-4-19-23(15)16/h2-10H,1H3. The fourth-order valence-corrected chi connectivity index (χ4v) is 4.18. The maximum absolute atomic E-state index is 13.2. The Morgan fingerprint density at radius 2 is 1.85 bits per heavy atom. The van der Waals surface area contributed by atoms with E-state index in [1.165, 1.54) is 23.1 Å². The molecule has 0 saturated heterocycles. The highest BCUT2D eigenvalue weighted by Gasteiger charge is 2.25. The zero-order valence-corrected chi connectivity index (χ0v) is 14.8. The lowest BCUT2D eigenvalue weighted by atomic mass is 10.1. The summed E-state index contributed by atoms with van der Waals surface area (Å²) in [6.07, 6.45) is 9.35. The summed E-state index contributed by atoms with van der Waals surface area (Å²) in [4.78, 5) is 8.42. The molecule has 0 fully saturated rings. The molecule has 0 atom stereocenters. The van der Waals surface area contributed by atoms with Crippen molar-refractivity contribution in [3.05, 3.63) is 55.4 Å². The summed E-state index contributed by atoms with van der Waals surface area (Å²) in [6.45, 7) is 0. The van der Waals surface area contributed by atoms with Gasteiger partial charge < -0.3 is 0 Å². The largest absolute Gasteiger partial charge is 0.302 e. The van der Waals surface area contributed by atoms with Crippen LogP contribution in [-0.2, 0) is 17.1 Å². The third-order valence-electron chi connectivity index (χ3n) is 4.17. The second-order valence-corrected chi connectivity index (χ2v) is 7.63. The summed E-state index contributed by atoms with van der Waals surface area (Å²) in [6, 6.07) is 5.09. The van der Waals surface area contributed by atoms with Gasteiger partial charge in [0, 0.05) is 36.8 Å². The van der Waals surface area contributed by atoms with E-state index in [0.29, 0.717) is 16.7 Å². The van der Waals surface area contributed by atoms with Crippen molar-refractivity contribution >= 4 is 26.7 Å². The van der Waals surface area contributed by atoms with Crippen molar-refractivity contribution in [1.82, 2.24) is 38.5 Å². The van der Waals surface area contributed by atoms with Gasteiger partial charge in [0.2, 0.25) is 0 Å². The molecule has 0 aliphatic carbocycles. The number of hydrogen-bond donors (Lipinski definition) is 0. The SMILES string of the molecule is Cn1cc(-c2cnc3cnn(S(=O)(=O)c4cnc5cccnn45)c3c2)cn1. The van der Waals surface area contributed by atoms with Crippen molar-refractivity contribution < 1.29 is 8.42 Å². The fraction of sp³-hybridized carbons (Fsp3) is 0.0625. The first kappa shape index (κ1) is 15.6. The lowest BCUT2D eigenvalue weighted by molar-refractivity contribution is 0.574. The van der Waals surface area contributed by atoms with Crippen molar-refractivity contribution in [1.29, 1.82) is 0 Å². The zero-order valence-electron chi connectivity index (χ0n) is 14.0. The van der Waals surface area contributed by atoms with E-state index in [-0.39, 0.29) is 5.03 Å². The van der Waals surface area contributed by atoms with E-state index < -0.39 is 10.0 Å². The molecule has 0 aromatic carbocycles. The predicted octanol–water partition coefficient (Wildman–Crippen LogP) is 1.11. The van der Waals surface area contributed by atoms with Crippen LogP contribution < -0.4 is 0 Å². The van der Waals surface area contributed by atoms with E-state index in [2.05, 4.69) is 25.3 Å². The molecule has 5 rings (SSSR count). The van der Waals surface area contributed by atoms with Crippen LogP contribution in [0.25, 0.3) is 27.8 Å². The summed E-state index contributed by atoms with van der Waals surface area (Å²) in [7, 11) is -2.21. The molecule has 0 radical (unpaired) electrons. The third-order valence-corrected chi connectivity index (χ3v) is 5.72. The molecular weight excluding hydrogens is 368 g/mol. The van der Waals surface area contributed by atoms with Crippen LogP contribution >= 0.6 is 0 Å². The van der Waals surface area contributed by atoms with Crippen molar-refractivity contribution in [2.24, 2.45) is 7.05 Å². The maximum atomic E-state index is 13.2. The van der Waals surface area contributed by atoms with Gasteiger partial charge in [-0.05, 0) is 18.2 Å². The second kappa shape index (κ2) is 5.45. The van der Waals surface area contributed by atoms with Crippen molar-refractivity contribution in [3.63, 3.8) is 0 Å². The van der Waals surface area contributed by atoms with Crippen LogP contribution in [0.15, 0.2) is 60.4 Å². The van der Waals surface area contributed by atoms with Gasteiger partial charge in [-0.3, -0.25) is 9.67 Å². The number of fused-ring (bicyclic) bond motifs is 2. The molecule has 0 bridgehead atoms. The second-order valence-electron chi connectivity index (χ2n) is 5.91. The molecule has 10 nitrogen and oxygen atoms in total. The Kier molecular flexibility index (Phi) is 3.15. The van der Waals surface area contributed by atoms with Gasteiger partial charge in [-0.25, -0.2) is 9.50 Å². The van der Waals surface area contributed by atoms with E-state index in [1.54, 1.807) is 35.3 Å². The highest BCUT2D eigenvalue weighted by molar-refractivity contribution is 7.90. The van der Waals surface area contributed by atoms with Crippen LogP contribution in [0.5, 0.6) is 0 Å². The van der Waals surface area contributed by atoms with E-state index >= 15 is 0 Å². The summed E-state index contributed by atoms with van der Waals surface area (Å²) in [5, 5.41) is 12.2. The molecule has 11 heteroatoms. The van der Waals surface area contributed by atoms with Crippen LogP contribution in [0, 0.1) is 0 Å². The van der Waals surface area contributed by atoms with E-state index in [9.17, 15) is 8.42 Å². The number of imidazole rings is 1. The number of hydrogen-bond acceptors (Lipinski definition) is 7. The fourth-order valence-electron chi connectivity index (χ4n) is 2.88. The Bertz CT molecular complexity index is 1410. The van der Waals surface area contributed by atoms with Crippen molar-refractivity contribution in [2.75, 3.05) is 0 Å². The summed E-state index contributed by atoms with van der Waals surface area (Å²) in [5.74, 6) is 0. The monoisotopic (exact) mass is 380 g/mol. The lowest BCUT2D eigenvalue weighted by Crippen LogP contribution is -2.17. The highest BCUT2D eigenvalue weighted by Crippen LogP contribution is 2.24. The number of nitrogens with zero attached hydrogens (tertiary/aromatic N) is 8. The van der Waals surface area contributed by atoms with Crippen LogP contribution in [0.3, 0.4) is 0 Å². The van der Waals surface area contributed by atoms with Crippen LogP contribution in [-0.4, -0.2) is 47.0 Å². The molecule has 5 aromatic heterocycles. The first-order valence-electron chi connectivity index (χ1n) is 7.91. The Morgan fingerprint density at radius 3 is 2.67 bits per heavy atom. The Balaban J connectivity index is 1.72. The van der Waals surface area contributed by atoms with Crippen LogP contribution in [0.4, 0.5) is 0 Å². The van der Waals surface area contributed by atoms with Gasteiger partial charge in [0.25, 0.3) is 0 Å². The van der Waals surface area contributed by atoms with Crippen molar-refractivity contribution in [3.8, 4) is 11.1 Å². The quantitative estimate of drug-likeness (QED) is 0.461. The molecule has 5 aromatic rings. The van der Waals surface area contributed by atoms with E-state index in [1.807, 2.05) is 13.2 Å². The molecule has 0 spiro atoms. The molecule has 0 saturated carbocycles. The maximum Gasteiger partial charge on any atom is 0.302 e. The van der Waals surface area contributed by atoms with Gasteiger partial charge in [0.1, 0.15) is 11.0 Å². The Morgan fingerprint density at radius 1 is 0.963 bits per heavy atom. The number of aryl methyl sites for hydroxylation is 1. The van der Waals surface area contributed by atoms with Crippen LogP contribution in [0.2, 0.25) is 0 Å². The predicted molar refractivity (Wildman–Crippen MR) is 95.3 cm³/mol. The molecule has 27 heavy (non-hydrogen) atoms. The molecule has 0 N–H and O–H groups in total. The zero-order chi connectivity index (χ0) is 18.6. The van der Waals surface area contributed by atoms with Gasteiger partial charge in [-0.1, -0.05) is 0 Å². The smallest absolute Gasteiger partial charge is 0.275 e. The lowest BCUT2D eigenvalue weighted by Gasteiger charge is -2.05. The van der Waals surface area contributed by atoms with Crippen molar-refractivity contribution in [2.45, 2.75) is 5.03 Å². The van der Waals surface area contributed by atoms with Gasteiger partial charge in [-0.2, -0.15) is 27.8 Å². The first-order valence-corrected chi connectivity index (χ1v) is 9.35. The minimum Gasteiger partial charge on any atom is -0.275 e. The minimum atomic E-state index is -4.02. The summed E-state index contributed by atoms with van der Waals surface area (Å²) in [5.41, 5.74) is 2.83. The molecular formula is C16H12N8O2S. The van der Waals surface area contributed by atoms with Gasteiger partial charge in [0.05, 0.1) is 18.6 Å². The summed E-state index contributed by atoms with van der Waals surface area (Å²) >= 11 is 0. The molecule has 0 unspecified atom stereocenters. The average molecular weight is 380 g/mol. The molecule has 134 valence electrons. The molecule has 0 aliphatic heterocycles. The molecule has 0 aliphatic rings. The highest BCUT2D eigenvalue weighted by atomic mass is 32.2. The first-order chi connectivity index (χ1) is 13.0. The summed E-state index contributed by atoms with van der Waals surface area (Å²) < 4.78 is 30.3. The van der Waals surface area contributed by atoms with Crippen LogP contribution in [0.1, 0.15) is 0 Å². The van der Waals surface area contributed by atoms with E-state index in [0.717, 1.165) is 15.2 Å². The van der Waals surface area contributed by atoms with Gasteiger partial charge >= 0.3 is 10.0 Å². The van der Waals surface area contributed by atoms with Gasteiger partial charge in [-0.15, -0.1) is 0 Å². The number of aromatic nitrogens is 8. The number of pyridine rings is 1. The Hall–Kier alpha value is -3.60. The van der Waals surface area contributed by atoms with Gasteiger partial charge in [0.15, 0.2) is 10.7 Å². The molecule has 0 amide bonds. The Labute approximate surface area is 152 Å². The molecule has 5 heterocycles. The topological polar surface area (TPSA) is 113 Å². The third kappa shape index (κ3) is 2.32. The number of rotatable bonds is 3. The normalized spacial score (nSPS) is 12.2. The minimum absolute atomic E-state index is 0.0742. The average Bonchev–Trinajstić information content (AvgIpc) is 3.38. The van der Waals surface area contributed by atoms with E-state index in [4.69, 9.17) is 0 Å².